The molecule has 90 valence electrons. The van der Waals surface area contributed by atoms with Crippen molar-refractivity contribution >= 4 is 10.0 Å². The van der Waals surface area contributed by atoms with Crippen molar-refractivity contribution in [2.45, 2.75) is 33.2 Å². The minimum Gasteiger partial charge on any atom is -0.330 e. The highest BCUT2D eigenvalue weighted by atomic mass is 32.2. The lowest BCUT2D eigenvalue weighted by Crippen LogP contribution is -2.37. The van der Waals surface area contributed by atoms with E-state index in [0.717, 1.165) is 6.42 Å². The van der Waals surface area contributed by atoms with E-state index in [-0.39, 0.29) is 17.7 Å². The van der Waals surface area contributed by atoms with E-state index < -0.39 is 10.0 Å². The Morgan fingerprint density at radius 1 is 1.47 bits per heavy atom. The molecule has 0 aromatic carbocycles. The molecule has 0 aromatic rings. The summed E-state index contributed by atoms with van der Waals surface area (Å²) in [7, 11) is -3.07. The number of hydrogen-bond acceptors (Lipinski definition) is 3. The van der Waals surface area contributed by atoms with Gasteiger partial charge in [-0.1, -0.05) is 13.8 Å². The van der Waals surface area contributed by atoms with Gasteiger partial charge in [-0.05, 0) is 31.7 Å². The highest BCUT2D eigenvalue weighted by molar-refractivity contribution is 7.89. The molecule has 1 aliphatic heterocycles. The molecule has 0 aromatic heterocycles. The number of nitrogens with zero attached hydrogens (tertiary/aromatic N) is 1. The lowest BCUT2D eigenvalue weighted by atomic mass is 10.1. The zero-order valence-corrected chi connectivity index (χ0v) is 10.6. The average molecular weight is 234 g/mol. The van der Waals surface area contributed by atoms with E-state index in [1.165, 1.54) is 0 Å². The van der Waals surface area contributed by atoms with E-state index >= 15 is 0 Å². The molecule has 1 fully saturated rings. The minimum absolute atomic E-state index is 0.113. The Bertz CT molecular complexity index is 301. The number of nitrogens with two attached hydrogens (primary N) is 1. The summed E-state index contributed by atoms with van der Waals surface area (Å²) < 4.78 is 25.6. The summed E-state index contributed by atoms with van der Waals surface area (Å²) in [5.74, 6) is 0.760. The van der Waals surface area contributed by atoms with Gasteiger partial charge in [0.05, 0.1) is 5.75 Å². The van der Waals surface area contributed by atoms with Gasteiger partial charge in [0.2, 0.25) is 10.0 Å². The summed E-state index contributed by atoms with van der Waals surface area (Å²) in [4.78, 5) is 0. The van der Waals surface area contributed by atoms with Crippen molar-refractivity contribution in [2.24, 2.45) is 17.6 Å². The van der Waals surface area contributed by atoms with Gasteiger partial charge in [0, 0.05) is 12.6 Å². The Morgan fingerprint density at radius 3 is 2.47 bits per heavy atom. The quantitative estimate of drug-likeness (QED) is 0.776. The third kappa shape index (κ3) is 3.16. The number of sulfonamides is 1. The van der Waals surface area contributed by atoms with Gasteiger partial charge in [-0.2, -0.15) is 4.31 Å². The van der Waals surface area contributed by atoms with Crippen LogP contribution in [0, 0.1) is 11.8 Å². The van der Waals surface area contributed by atoms with Crippen molar-refractivity contribution in [2.75, 3.05) is 18.8 Å². The van der Waals surface area contributed by atoms with Crippen molar-refractivity contribution in [1.29, 1.82) is 0 Å². The van der Waals surface area contributed by atoms with Crippen LogP contribution in [0.1, 0.15) is 27.2 Å². The van der Waals surface area contributed by atoms with E-state index in [0.29, 0.717) is 19.0 Å². The van der Waals surface area contributed by atoms with Crippen LogP contribution in [0.25, 0.3) is 0 Å². The maximum Gasteiger partial charge on any atom is 0.214 e. The molecule has 0 radical (unpaired) electrons. The van der Waals surface area contributed by atoms with Crippen LogP contribution in [0.3, 0.4) is 0 Å². The van der Waals surface area contributed by atoms with Gasteiger partial charge in [-0.15, -0.1) is 0 Å². The molecule has 1 rings (SSSR count). The van der Waals surface area contributed by atoms with Gasteiger partial charge in [-0.25, -0.2) is 8.42 Å². The second-order valence-corrected chi connectivity index (χ2v) is 6.89. The van der Waals surface area contributed by atoms with E-state index in [1.54, 1.807) is 4.31 Å². The summed E-state index contributed by atoms with van der Waals surface area (Å²) >= 11 is 0. The van der Waals surface area contributed by atoms with Gasteiger partial charge in [0.15, 0.2) is 0 Å². The first-order valence-electron chi connectivity index (χ1n) is 5.56. The Labute approximate surface area is 92.9 Å². The van der Waals surface area contributed by atoms with Crippen molar-refractivity contribution in [3.05, 3.63) is 0 Å². The Hall–Kier alpha value is -0.130. The van der Waals surface area contributed by atoms with Crippen molar-refractivity contribution in [3.63, 3.8) is 0 Å². The summed E-state index contributed by atoms with van der Waals surface area (Å²) in [5, 5.41) is 0. The van der Waals surface area contributed by atoms with E-state index in [9.17, 15) is 8.42 Å². The highest BCUT2D eigenvalue weighted by Crippen LogP contribution is 2.26. The van der Waals surface area contributed by atoms with Crippen LogP contribution in [0.15, 0.2) is 0 Å². The summed E-state index contributed by atoms with van der Waals surface area (Å²) in [6, 6.07) is 0.113. The van der Waals surface area contributed by atoms with Crippen LogP contribution in [-0.4, -0.2) is 37.6 Å². The molecule has 15 heavy (non-hydrogen) atoms. The third-order valence-corrected chi connectivity index (χ3v) is 5.15. The Balaban J connectivity index is 2.72. The molecule has 0 bridgehead atoms. The maximum absolute atomic E-state index is 12.0. The molecule has 4 nitrogen and oxygen atoms in total. The summed E-state index contributed by atoms with van der Waals surface area (Å²) in [6.07, 6.45) is 0.897. The molecule has 1 saturated heterocycles. The smallest absolute Gasteiger partial charge is 0.214 e. The van der Waals surface area contributed by atoms with Crippen LogP contribution in [-0.2, 0) is 10.0 Å². The molecule has 5 heteroatoms. The predicted octanol–water partition coefficient (Wildman–Crippen LogP) is 0.641. The Morgan fingerprint density at radius 2 is 2.07 bits per heavy atom. The van der Waals surface area contributed by atoms with E-state index in [1.807, 2.05) is 20.8 Å². The Kier molecular flexibility index (Phi) is 4.14. The van der Waals surface area contributed by atoms with Crippen LogP contribution in [0.5, 0.6) is 0 Å². The SMILES string of the molecule is CC(C)CS(=O)(=O)N1CC(CN)CC1C. The fourth-order valence-corrected chi connectivity index (χ4v) is 4.29. The van der Waals surface area contributed by atoms with Crippen molar-refractivity contribution in [1.82, 2.24) is 4.31 Å². The highest BCUT2D eigenvalue weighted by Gasteiger charge is 2.36. The van der Waals surface area contributed by atoms with Gasteiger partial charge in [0.1, 0.15) is 0 Å². The molecule has 2 N–H and O–H groups in total. The molecule has 0 amide bonds. The predicted molar refractivity (Wildman–Crippen MR) is 62.0 cm³/mol. The lowest BCUT2D eigenvalue weighted by Gasteiger charge is -2.22. The first kappa shape index (κ1) is 12.9. The fraction of sp³-hybridized carbons (Fsp3) is 1.00. The van der Waals surface area contributed by atoms with Crippen LogP contribution >= 0.6 is 0 Å². The average Bonchev–Trinajstić information content (AvgIpc) is 2.45. The topological polar surface area (TPSA) is 63.4 Å². The van der Waals surface area contributed by atoms with Crippen LogP contribution in [0.2, 0.25) is 0 Å². The molecular weight excluding hydrogens is 212 g/mol. The zero-order valence-electron chi connectivity index (χ0n) is 9.81. The molecule has 2 atom stereocenters. The van der Waals surface area contributed by atoms with Gasteiger partial charge < -0.3 is 5.73 Å². The molecule has 0 saturated carbocycles. The normalized spacial score (nSPS) is 28.9. The number of hydrogen-bond donors (Lipinski definition) is 1. The third-order valence-electron chi connectivity index (χ3n) is 2.84. The molecule has 1 heterocycles. The van der Waals surface area contributed by atoms with E-state index in [2.05, 4.69) is 0 Å². The first-order chi connectivity index (χ1) is 6.86. The first-order valence-corrected chi connectivity index (χ1v) is 7.17. The molecule has 2 unspecified atom stereocenters. The molecule has 0 spiro atoms. The largest absolute Gasteiger partial charge is 0.330 e. The van der Waals surface area contributed by atoms with Crippen molar-refractivity contribution in [3.8, 4) is 0 Å². The lowest BCUT2D eigenvalue weighted by molar-refractivity contribution is 0.401. The molecular formula is C10H22N2O2S. The summed E-state index contributed by atoms with van der Waals surface area (Å²) in [6.45, 7) is 7.01. The standard InChI is InChI=1S/C10H22N2O2S/c1-8(2)7-15(13,14)12-6-10(5-11)4-9(12)3/h8-10H,4-7,11H2,1-3H3. The maximum atomic E-state index is 12.0. The van der Waals surface area contributed by atoms with Crippen LogP contribution < -0.4 is 5.73 Å². The van der Waals surface area contributed by atoms with Crippen molar-refractivity contribution < 1.29 is 8.42 Å². The van der Waals surface area contributed by atoms with Crippen LogP contribution in [0.4, 0.5) is 0 Å². The molecule has 1 aliphatic rings. The van der Waals surface area contributed by atoms with Gasteiger partial charge >= 0.3 is 0 Å². The number of rotatable bonds is 4. The second-order valence-electron chi connectivity index (χ2n) is 4.93. The summed E-state index contributed by atoms with van der Waals surface area (Å²) in [5.41, 5.74) is 5.58. The monoisotopic (exact) mass is 234 g/mol. The second kappa shape index (κ2) is 4.80. The fourth-order valence-electron chi connectivity index (χ4n) is 2.18. The van der Waals surface area contributed by atoms with Gasteiger partial charge in [0.25, 0.3) is 0 Å². The zero-order chi connectivity index (χ0) is 11.6. The van der Waals surface area contributed by atoms with E-state index in [4.69, 9.17) is 5.73 Å². The molecule has 0 aliphatic carbocycles. The minimum atomic E-state index is -3.07. The van der Waals surface area contributed by atoms with Gasteiger partial charge in [-0.3, -0.25) is 0 Å².